The minimum atomic E-state index is -0.640. The first-order valence-electron chi connectivity index (χ1n) is 5.03. The summed E-state index contributed by atoms with van der Waals surface area (Å²) in [6.45, 7) is 1.92. The Labute approximate surface area is 104 Å². The molecule has 0 saturated heterocycles. The molecule has 0 amide bonds. The highest BCUT2D eigenvalue weighted by Crippen LogP contribution is 2.26. The van der Waals surface area contributed by atoms with E-state index in [0.29, 0.717) is 12.2 Å². The molecule has 1 rings (SSSR count). The Hall–Kier alpha value is -1.37. The SMILES string of the molecule is CC(O)C(N)CNc1ccc([N+](=O)[O-])cc1Cl. The van der Waals surface area contributed by atoms with Gasteiger partial charge in [0.25, 0.3) is 5.69 Å². The number of nitrogens with two attached hydrogens (primary N) is 1. The third kappa shape index (κ3) is 3.85. The lowest BCUT2D eigenvalue weighted by Gasteiger charge is -2.16. The fourth-order valence-electron chi connectivity index (χ4n) is 1.16. The predicted molar refractivity (Wildman–Crippen MR) is 66.3 cm³/mol. The van der Waals surface area contributed by atoms with Crippen LogP contribution in [0.3, 0.4) is 0 Å². The summed E-state index contributed by atoms with van der Waals surface area (Å²) in [5.41, 5.74) is 6.11. The van der Waals surface area contributed by atoms with Gasteiger partial charge in [-0.2, -0.15) is 0 Å². The number of nitrogens with zero attached hydrogens (tertiary/aromatic N) is 1. The van der Waals surface area contributed by atoms with Crippen LogP contribution in [0.2, 0.25) is 5.02 Å². The Bertz CT molecular complexity index is 412. The van der Waals surface area contributed by atoms with Crippen LogP contribution in [-0.4, -0.2) is 28.7 Å². The summed E-state index contributed by atoms with van der Waals surface area (Å²) >= 11 is 5.87. The number of hydrogen-bond donors (Lipinski definition) is 3. The number of non-ortho nitro benzene ring substituents is 1. The minimum absolute atomic E-state index is 0.0691. The molecule has 0 aromatic heterocycles. The third-order valence-electron chi connectivity index (χ3n) is 2.31. The molecule has 1 aromatic carbocycles. The molecule has 0 aliphatic carbocycles. The van der Waals surface area contributed by atoms with E-state index in [1.807, 2.05) is 0 Å². The Morgan fingerprint density at radius 3 is 2.76 bits per heavy atom. The maximum Gasteiger partial charge on any atom is 0.271 e. The zero-order valence-corrected chi connectivity index (χ0v) is 10.0. The largest absolute Gasteiger partial charge is 0.392 e. The van der Waals surface area contributed by atoms with Gasteiger partial charge < -0.3 is 16.2 Å². The van der Waals surface area contributed by atoms with Gasteiger partial charge >= 0.3 is 0 Å². The molecule has 0 bridgehead atoms. The lowest BCUT2D eigenvalue weighted by molar-refractivity contribution is -0.384. The molecule has 0 spiro atoms. The van der Waals surface area contributed by atoms with Crippen LogP contribution in [0.1, 0.15) is 6.92 Å². The van der Waals surface area contributed by atoms with E-state index in [1.165, 1.54) is 18.2 Å². The average molecular weight is 260 g/mol. The van der Waals surface area contributed by atoms with Crippen LogP contribution in [0, 0.1) is 10.1 Å². The van der Waals surface area contributed by atoms with Gasteiger partial charge in [0, 0.05) is 24.7 Å². The zero-order valence-electron chi connectivity index (χ0n) is 9.26. The molecule has 0 aliphatic heterocycles. The molecule has 0 aliphatic rings. The van der Waals surface area contributed by atoms with Crippen molar-refractivity contribution >= 4 is 23.0 Å². The molecule has 0 fully saturated rings. The number of rotatable bonds is 5. The lowest BCUT2D eigenvalue weighted by Crippen LogP contribution is -2.38. The van der Waals surface area contributed by atoms with E-state index in [2.05, 4.69) is 5.32 Å². The van der Waals surface area contributed by atoms with E-state index in [0.717, 1.165) is 0 Å². The highest BCUT2D eigenvalue weighted by molar-refractivity contribution is 6.33. The van der Waals surface area contributed by atoms with E-state index in [-0.39, 0.29) is 10.7 Å². The van der Waals surface area contributed by atoms with Gasteiger partial charge in [-0.15, -0.1) is 0 Å². The Balaban J connectivity index is 2.70. The first kappa shape index (κ1) is 13.7. The quantitative estimate of drug-likeness (QED) is 0.548. The number of anilines is 1. The fraction of sp³-hybridized carbons (Fsp3) is 0.400. The highest BCUT2D eigenvalue weighted by atomic mass is 35.5. The Morgan fingerprint density at radius 2 is 2.29 bits per heavy atom. The number of halogens is 1. The fourth-order valence-corrected chi connectivity index (χ4v) is 1.40. The number of nitro groups is 1. The first-order chi connectivity index (χ1) is 7.91. The minimum Gasteiger partial charge on any atom is -0.392 e. The molecule has 0 saturated carbocycles. The maximum absolute atomic E-state index is 10.5. The molecule has 17 heavy (non-hydrogen) atoms. The van der Waals surface area contributed by atoms with Crippen LogP contribution in [0.4, 0.5) is 11.4 Å². The summed E-state index contributed by atoms with van der Waals surface area (Å²) in [7, 11) is 0. The van der Waals surface area contributed by atoms with Crippen molar-refractivity contribution in [3.05, 3.63) is 33.3 Å². The molecule has 1 aromatic rings. The third-order valence-corrected chi connectivity index (χ3v) is 2.62. The van der Waals surface area contributed by atoms with Crippen molar-refractivity contribution in [2.24, 2.45) is 5.73 Å². The van der Waals surface area contributed by atoms with Crippen molar-refractivity contribution in [1.82, 2.24) is 0 Å². The molecule has 0 radical (unpaired) electrons. The topological polar surface area (TPSA) is 101 Å². The maximum atomic E-state index is 10.5. The molecule has 2 atom stereocenters. The summed E-state index contributed by atoms with van der Waals surface area (Å²) in [6.07, 6.45) is -0.640. The van der Waals surface area contributed by atoms with Crippen LogP contribution in [0.15, 0.2) is 18.2 Å². The summed E-state index contributed by atoms with van der Waals surface area (Å²) in [5.74, 6) is 0. The highest BCUT2D eigenvalue weighted by Gasteiger charge is 2.12. The van der Waals surface area contributed by atoms with Crippen molar-refractivity contribution in [3.63, 3.8) is 0 Å². The van der Waals surface area contributed by atoms with Crippen LogP contribution in [0.25, 0.3) is 0 Å². The van der Waals surface area contributed by atoms with Gasteiger partial charge in [-0.05, 0) is 13.0 Å². The van der Waals surface area contributed by atoms with Gasteiger partial charge in [0.1, 0.15) is 0 Å². The number of nitrogens with one attached hydrogen (secondary N) is 1. The van der Waals surface area contributed by atoms with Crippen molar-refractivity contribution < 1.29 is 10.0 Å². The number of nitro benzene ring substituents is 1. The molecule has 4 N–H and O–H groups in total. The Kier molecular flexibility index (Phi) is 4.68. The van der Waals surface area contributed by atoms with E-state index in [9.17, 15) is 15.2 Å². The summed E-state index contributed by atoms with van der Waals surface area (Å²) in [6, 6.07) is 3.69. The van der Waals surface area contributed by atoms with Crippen molar-refractivity contribution in [2.45, 2.75) is 19.1 Å². The molecule has 2 unspecified atom stereocenters. The monoisotopic (exact) mass is 259 g/mol. The molecule has 6 nitrogen and oxygen atoms in total. The van der Waals surface area contributed by atoms with E-state index in [4.69, 9.17) is 17.3 Å². The number of aliphatic hydroxyl groups excluding tert-OH is 1. The van der Waals surface area contributed by atoms with Gasteiger partial charge in [0.15, 0.2) is 0 Å². The predicted octanol–water partition coefficient (Wildman–Crippen LogP) is 1.37. The summed E-state index contributed by atoms with van der Waals surface area (Å²) in [5, 5.41) is 22.9. The lowest BCUT2D eigenvalue weighted by atomic mass is 10.2. The van der Waals surface area contributed by atoms with E-state index < -0.39 is 17.1 Å². The van der Waals surface area contributed by atoms with Crippen molar-refractivity contribution in [2.75, 3.05) is 11.9 Å². The van der Waals surface area contributed by atoms with Crippen LogP contribution >= 0.6 is 11.6 Å². The summed E-state index contributed by atoms with van der Waals surface area (Å²) in [4.78, 5) is 9.98. The van der Waals surface area contributed by atoms with Gasteiger partial charge in [0.05, 0.1) is 21.7 Å². The van der Waals surface area contributed by atoms with Crippen LogP contribution in [-0.2, 0) is 0 Å². The van der Waals surface area contributed by atoms with Crippen LogP contribution in [0.5, 0.6) is 0 Å². The van der Waals surface area contributed by atoms with Crippen molar-refractivity contribution in [3.8, 4) is 0 Å². The molecule has 94 valence electrons. The van der Waals surface area contributed by atoms with Gasteiger partial charge in [-0.25, -0.2) is 0 Å². The second-order valence-electron chi connectivity index (χ2n) is 3.71. The average Bonchev–Trinajstić information content (AvgIpc) is 2.26. The molecular weight excluding hydrogens is 246 g/mol. The number of hydrogen-bond acceptors (Lipinski definition) is 5. The van der Waals surface area contributed by atoms with E-state index >= 15 is 0 Å². The van der Waals surface area contributed by atoms with Crippen molar-refractivity contribution in [1.29, 1.82) is 0 Å². The molecular formula is C10H14ClN3O3. The standard InChI is InChI=1S/C10H14ClN3O3/c1-6(15)9(12)5-13-10-3-2-7(14(16)17)4-8(10)11/h2-4,6,9,13,15H,5,12H2,1H3. The van der Waals surface area contributed by atoms with Gasteiger partial charge in [-0.1, -0.05) is 11.6 Å². The Morgan fingerprint density at radius 1 is 1.65 bits per heavy atom. The second kappa shape index (κ2) is 5.81. The normalized spacial score (nSPS) is 14.1. The number of aliphatic hydroxyl groups is 1. The van der Waals surface area contributed by atoms with Crippen LogP contribution < -0.4 is 11.1 Å². The van der Waals surface area contributed by atoms with Gasteiger partial charge in [-0.3, -0.25) is 10.1 Å². The number of benzene rings is 1. The zero-order chi connectivity index (χ0) is 13.0. The first-order valence-corrected chi connectivity index (χ1v) is 5.41. The molecule has 7 heteroatoms. The smallest absolute Gasteiger partial charge is 0.271 e. The molecule has 0 heterocycles. The van der Waals surface area contributed by atoms with E-state index in [1.54, 1.807) is 6.92 Å². The second-order valence-corrected chi connectivity index (χ2v) is 4.11. The summed E-state index contributed by atoms with van der Waals surface area (Å²) < 4.78 is 0. The van der Waals surface area contributed by atoms with Gasteiger partial charge in [0.2, 0.25) is 0 Å².